The molecule has 1 aromatic heterocycles. The number of sulfonamides is 1. The summed E-state index contributed by atoms with van der Waals surface area (Å²) in [6, 6.07) is 1.21. The van der Waals surface area contributed by atoms with Gasteiger partial charge in [-0.3, -0.25) is 0 Å². The monoisotopic (exact) mass is 247 g/mol. The molecule has 1 aromatic rings. The molecular formula is C8H9NO4S2. The van der Waals surface area contributed by atoms with E-state index in [1.54, 1.807) is 0 Å². The summed E-state index contributed by atoms with van der Waals surface area (Å²) in [6.45, 7) is 1.06. The first-order valence-electron chi connectivity index (χ1n) is 4.34. The molecule has 15 heavy (non-hydrogen) atoms. The molecule has 1 aliphatic heterocycles. The molecule has 0 aromatic carbocycles. The summed E-state index contributed by atoms with van der Waals surface area (Å²) in [5, 5.41) is 10.0. The number of carboxylic acid groups (broad SMARTS) is 1. The highest BCUT2D eigenvalue weighted by atomic mass is 32.2. The summed E-state index contributed by atoms with van der Waals surface area (Å²) < 4.78 is 24.9. The predicted octanol–water partition coefficient (Wildman–Crippen LogP) is 0.841. The Morgan fingerprint density at radius 2 is 2.13 bits per heavy atom. The highest BCUT2D eigenvalue weighted by Crippen LogP contribution is 2.25. The molecule has 1 aliphatic rings. The second kappa shape index (κ2) is 3.58. The van der Waals surface area contributed by atoms with Gasteiger partial charge in [-0.05, 0) is 12.5 Å². The van der Waals surface area contributed by atoms with Crippen LogP contribution in [0, 0.1) is 0 Å². The Hall–Kier alpha value is -0.920. The molecule has 0 bridgehead atoms. The van der Waals surface area contributed by atoms with Crippen LogP contribution in [0.2, 0.25) is 0 Å². The summed E-state index contributed by atoms with van der Waals surface area (Å²) in [6.07, 6.45) is 0.870. The molecule has 7 heteroatoms. The zero-order valence-corrected chi connectivity index (χ0v) is 9.34. The first kappa shape index (κ1) is 10.6. The van der Waals surface area contributed by atoms with Crippen LogP contribution in [-0.4, -0.2) is 36.9 Å². The van der Waals surface area contributed by atoms with Crippen molar-refractivity contribution in [3.8, 4) is 0 Å². The molecule has 0 aliphatic carbocycles. The zero-order chi connectivity index (χ0) is 11.1. The van der Waals surface area contributed by atoms with Crippen molar-refractivity contribution in [3.05, 3.63) is 16.3 Å². The van der Waals surface area contributed by atoms with E-state index in [1.807, 2.05) is 0 Å². The predicted molar refractivity (Wildman–Crippen MR) is 54.7 cm³/mol. The lowest BCUT2D eigenvalue weighted by Crippen LogP contribution is -2.41. The quantitative estimate of drug-likeness (QED) is 0.859. The van der Waals surface area contributed by atoms with Crippen LogP contribution in [0.3, 0.4) is 0 Å². The molecular weight excluding hydrogens is 238 g/mol. The second-order valence-electron chi connectivity index (χ2n) is 3.21. The van der Waals surface area contributed by atoms with Crippen LogP contribution >= 0.6 is 11.3 Å². The Bertz CT molecular complexity index is 486. The number of carbonyl (C=O) groups is 1. The molecule has 82 valence electrons. The van der Waals surface area contributed by atoms with Gasteiger partial charge >= 0.3 is 5.97 Å². The van der Waals surface area contributed by atoms with Gasteiger partial charge in [-0.1, -0.05) is 0 Å². The van der Waals surface area contributed by atoms with Crippen molar-refractivity contribution >= 4 is 27.3 Å². The minimum atomic E-state index is -3.43. The summed E-state index contributed by atoms with van der Waals surface area (Å²) >= 11 is 0.931. The van der Waals surface area contributed by atoms with E-state index < -0.39 is 16.0 Å². The minimum Gasteiger partial charge on any atom is -0.477 e. The van der Waals surface area contributed by atoms with E-state index in [9.17, 15) is 13.2 Å². The average molecular weight is 247 g/mol. The van der Waals surface area contributed by atoms with Crippen molar-refractivity contribution in [1.82, 2.24) is 4.31 Å². The number of aromatic carboxylic acids is 1. The van der Waals surface area contributed by atoms with Crippen molar-refractivity contribution in [2.45, 2.75) is 11.3 Å². The Labute approximate surface area is 91.0 Å². The number of thiophene rings is 1. The first-order valence-corrected chi connectivity index (χ1v) is 6.66. The van der Waals surface area contributed by atoms with E-state index in [1.165, 1.54) is 15.8 Å². The third-order valence-electron chi connectivity index (χ3n) is 2.24. The summed E-state index contributed by atoms with van der Waals surface area (Å²) in [7, 11) is -3.43. The van der Waals surface area contributed by atoms with Crippen molar-refractivity contribution in [1.29, 1.82) is 0 Å². The van der Waals surface area contributed by atoms with Crippen molar-refractivity contribution in [3.63, 3.8) is 0 Å². The minimum absolute atomic E-state index is 0.0501. The van der Waals surface area contributed by atoms with E-state index in [0.29, 0.717) is 13.1 Å². The standard InChI is InChI=1S/C8H9NO4S2/c10-8(11)7-4-6(5-14-7)15(12,13)9-2-1-3-9/h4-5H,1-3H2,(H,10,11). The van der Waals surface area contributed by atoms with Crippen LogP contribution in [0.1, 0.15) is 16.1 Å². The van der Waals surface area contributed by atoms with Gasteiger partial charge < -0.3 is 5.11 Å². The molecule has 1 fully saturated rings. The van der Waals surface area contributed by atoms with Gasteiger partial charge in [0.05, 0.1) is 4.90 Å². The Kier molecular flexibility index (Phi) is 2.53. The van der Waals surface area contributed by atoms with Crippen molar-refractivity contribution < 1.29 is 18.3 Å². The van der Waals surface area contributed by atoms with Gasteiger partial charge in [0.25, 0.3) is 0 Å². The highest BCUT2D eigenvalue weighted by molar-refractivity contribution is 7.89. The summed E-state index contributed by atoms with van der Waals surface area (Å²) in [4.78, 5) is 10.7. The van der Waals surface area contributed by atoms with Crippen LogP contribution in [0.5, 0.6) is 0 Å². The largest absolute Gasteiger partial charge is 0.477 e. The lowest BCUT2D eigenvalue weighted by atomic mass is 10.3. The molecule has 2 rings (SSSR count). The Balaban J connectivity index is 2.32. The lowest BCUT2D eigenvalue weighted by Gasteiger charge is -2.29. The number of hydrogen-bond acceptors (Lipinski definition) is 4. The fraction of sp³-hybridized carbons (Fsp3) is 0.375. The van der Waals surface area contributed by atoms with Crippen molar-refractivity contribution in [2.75, 3.05) is 13.1 Å². The third kappa shape index (κ3) is 1.77. The zero-order valence-electron chi connectivity index (χ0n) is 7.71. The van der Waals surface area contributed by atoms with E-state index >= 15 is 0 Å². The molecule has 1 saturated heterocycles. The second-order valence-corrected chi connectivity index (χ2v) is 6.06. The molecule has 0 radical (unpaired) electrons. The maximum Gasteiger partial charge on any atom is 0.345 e. The van der Waals surface area contributed by atoms with Gasteiger partial charge in [0.1, 0.15) is 4.88 Å². The Morgan fingerprint density at radius 1 is 1.47 bits per heavy atom. The van der Waals surface area contributed by atoms with E-state index in [2.05, 4.69) is 0 Å². The van der Waals surface area contributed by atoms with Gasteiger partial charge in [-0.15, -0.1) is 11.3 Å². The number of carboxylic acids is 1. The molecule has 5 nitrogen and oxygen atoms in total. The molecule has 0 saturated carbocycles. The van der Waals surface area contributed by atoms with Crippen LogP contribution in [0.4, 0.5) is 0 Å². The SMILES string of the molecule is O=C(O)c1cc(S(=O)(=O)N2CCC2)cs1. The smallest absolute Gasteiger partial charge is 0.345 e. The number of hydrogen-bond donors (Lipinski definition) is 1. The summed E-state index contributed by atoms with van der Waals surface area (Å²) in [5.74, 6) is -1.09. The molecule has 0 atom stereocenters. The summed E-state index contributed by atoms with van der Waals surface area (Å²) in [5.41, 5.74) is 0. The molecule has 1 N–H and O–H groups in total. The Morgan fingerprint density at radius 3 is 2.53 bits per heavy atom. The van der Waals surface area contributed by atoms with Crippen LogP contribution in [0.25, 0.3) is 0 Å². The van der Waals surface area contributed by atoms with E-state index in [0.717, 1.165) is 17.8 Å². The van der Waals surface area contributed by atoms with Crippen LogP contribution in [0.15, 0.2) is 16.3 Å². The van der Waals surface area contributed by atoms with E-state index in [4.69, 9.17) is 5.11 Å². The topological polar surface area (TPSA) is 74.7 Å². The van der Waals surface area contributed by atoms with E-state index in [-0.39, 0.29) is 9.77 Å². The fourth-order valence-electron chi connectivity index (χ4n) is 1.24. The lowest BCUT2D eigenvalue weighted by molar-refractivity contribution is 0.0702. The van der Waals surface area contributed by atoms with Crippen LogP contribution < -0.4 is 0 Å². The molecule has 2 heterocycles. The van der Waals surface area contributed by atoms with Gasteiger partial charge in [-0.25, -0.2) is 13.2 Å². The normalized spacial score (nSPS) is 17.3. The van der Waals surface area contributed by atoms with Gasteiger partial charge in [-0.2, -0.15) is 4.31 Å². The third-order valence-corrected chi connectivity index (χ3v) is 5.18. The van der Waals surface area contributed by atoms with Gasteiger partial charge in [0.2, 0.25) is 10.0 Å². The number of rotatable bonds is 3. The van der Waals surface area contributed by atoms with Crippen molar-refractivity contribution in [2.24, 2.45) is 0 Å². The number of nitrogens with zero attached hydrogens (tertiary/aromatic N) is 1. The maximum absolute atomic E-state index is 11.8. The maximum atomic E-state index is 11.8. The molecule has 0 amide bonds. The fourth-order valence-corrected chi connectivity index (χ4v) is 3.86. The van der Waals surface area contributed by atoms with Gasteiger partial charge in [0, 0.05) is 18.5 Å². The highest BCUT2D eigenvalue weighted by Gasteiger charge is 2.30. The average Bonchev–Trinajstić information content (AvgIpc) is 2.46. The molecule has 0 unspecified atom stereocenters. The van der Waals surface area contributed by atoms with Crippen LogP contribution in [-0.2, 0) is 10.0 Å². The molecule has 0 spiro atoms. The van der Waals surface area contributed by atoms with Gasteiger partial charge in [0.15, 0.2) is 0 Å². The first-order chi connectivity index (χ1) is 7.01.